The molecule has 1 aliphatic heterocycles. The van der Waals surface area contributed by atoms with Crippen LogP contribution in [0.5, 0.6) is 5.75 Å². The number of halogens is 1. The molecule has 1 amide bonds. The number of aromatic nitrogens is 2. The van der Waals surface area contributed by atoms with Crippen LogP contribution in [-0.4, -0.2) is 61.0 Å². The van der Waals surface area contributed by atoms with Crippen molar-refractivity contribution in [2.75, 3.05) is 40.3 Å². The van der Waals surface area contributed by atoms with Crippen LogP contribution in [0.4, 0.5) is 0 Å². The Morgan fingerprint density at radius 3 is 2.86 bits per heavy atom. The first-order valence-corrected chi connectivity index (χ1v) is 9.75. The first-order chi connectivity index (χ1) is 13.5. The van der Waals surface area contributed by atoms with Crippen molar-refractivity contribution in [3.8, 4) is 5.75 Å². The van der Waals surface area contributed by atoms with Gasteiger partial charge in [-0.3, -0.25) is 10.2 Å². The van der Waals surface area contributed by atoms with Crippen LogP contribution in [0.1, 0.15) is 16.8 Å². The normalized spacial score (nSPS) is 15.9. The molecule has 0 aliphatic carbocycles. The zero-order valence-electron chi connectivity index (χ0n) is 16.5. The fraction of sp³-hybridized carbons (Fsp3) is 0.400. The summed E-state index contributed by atoms with van der Waals surface area (Å²) < 4.78 is 6.99. The molecule has 2 N–H and O–H groups in total. The Balaban J connectivity index is 1.65. The highest BCUT2D eigenvalue weighted by molar-refractivity contribution is 6.31. The molecular weight excluding hydrogens is 378 g/mol. The van der Waals surface area contributed by atoms with Gasteiger partial charge in [0.25, 0.3) is 5.91 Å². The van der Waals surface area contributed by atoms with E-state index in [-0.39, 0.29) is 5.91 Å². The quantitative estimate of drug-likeness (QED) is 0.698. The van der Waals surface area contributed by atoms with Crippen LogP contribution in [0.3, 0.4) is 0 Å². The Labute approximate surface area is 170 Å². The fourth-order valence-corrected chi connectivity index (χ4v) is 3.45. The number of carbonyl (C=O) groups excluding carboxylic acids is 1. The summed E-state index contributed by atoms with van der Waals surface area (Å²) >= 11 is 6.52. The van der Waals surface area contributed by atoms with E-state index in [0.717, 1.165) is 48.7 Å². The summed E-state index contributed by atoms with van der Waals surface area (Å²) in [5, 5.41) is 6.98. The van der Waals surface area contributed by atoms with Gasteiger partial charge in [-0.25, -0.2) is 9.69 Å². The average molecular weight is 405 g/mol. The molecule has 1 aromatic heterocycles. The first-order valence-electron chi connectivity index (χ1n) is 9.37. The average Bonchev–Trinajstić information content (AvgIpc) is 2.95. The number of benzene rings is 1. The van der Waals surface area contributed by atoms with Gasteiger partial charge in [0, 0.05) is 11.6 Å². The highest BCUT2D eigenvalue weighted by atomic mass is 35.5. The zero-order chi connectivity index (χ0) is 20.1. The first kappa shape index (κ1) is 20.4. The number of rotatable bonds is 6. The van der Waals surface area contributed by atoms with E-state index in [9.17, 15) is 4.79 Å². The number of nitrogens with zero attached hydrogens (tertiary/aromatic N) is 3. The number of likely N-dealkylation sites (N-methyl/N-ethyl adjacent to an activating group) is 1. The molecule has 0 atom stereocenters. The molecule has 28 heavy (non-hydrogen) atoms. The van der Waals surface area contributed by atoms with Crippen LogP contribution < -0.4 is 15.1 Å². The molecule has 1 aliphatic rings. The van der Waals surface area contributed by atoms with Gasteiger partial charge in [-0.05, 0) is 30.7 Å². The SMILES string of the molecule is COc1cccc(Cn2nc(C)c(/C=C/C(=O)NN3CC[NH+](C)CC3)c2Cl)c1. The van der Waals surface area contributed by atoms with Gasteiger partial charge in [0.05, 0.1) is 52.6 Å². The lowest BCUT2D eigenvalue weighted by molar-refractivity contribution is -0.884. The van der Waals surface area contributed by atoms with Gasteiger partial charge >= 0.3 is 0 Å². The molecule has 1 fully saturated rings. The van der Waals surface area contributed by atoms with Crippen molar-refractivity contribution in [2.24, 2.45) is 0 Å². The molecule has 1 aromatic carbocycles. The molecule has 8 heteroatoms. The predicted molar refractivity (Wildman–Crippen MR) is 109 cm³/mol. The second-order valence-electron chi connectivity index (χ2n) is 7.05. The van der Waals surface area contributed by atoms with Crippen molar-refractivity contribution in [1.29, 1.82) is 0 Å². The zero-order valence-corrected chi connectivity index (χ0v) is 17.3. The summed E-state index contributed by atoms with van der Waals surface area (Å²) in [4.78, 5) is 13.7. The number of aryl methyl sites for hydroxylation is 1. The number of nitrogens with one attached hydrogen (secondary N) is 2. The van der Waals surface area contributed by atoms with E-state index >= 15 is 0 Å². The van der Waals surface area contributed by atoms with Crippen molar-refractivity contribution in [1.82, 2.24) is 20.2 Å². The third-order valence-corrected chi connectivity index (χ3v) is 5.26. The standard InChI is InChI=1S/C20H26ClN5O2/c1-15-18(7-8-19(27)23-25-11-9-24(2)10-12-25)20(21)26(22-15)14-16-5-4-6-17(13-16)28-3/h4-8,13H,9-12,14H2,1-3H3,(H,23,27)/p+1/b8-7+. The van der Waals surface area contributed by atoms with Gasteiger partial charge in [-0.15, -0.1) is 0 Å². The van der Waals surface area contributed by atoms with E-state index in [0.29, 0.717) is 11.7 Å². The number of hydrogen-bond donors (Lipinski definition) is 2. The molecule has 2 heterocycles. The van der Waals surface area contributed by atoms with Crippen molar-refractivity contribution in [2.45, 2.75) is 13.5 Å². The highest BCUT2D eigenvalue weighted by Crippen LogP contribution is 2.23. The second-order valence-corrected chi connectivity index (χ2v) is 7.41. The molecule has 7 nitrogen and oxygen atoms in total. The Bertz CT molecular complexity index is 856. The maximum atomic E-state index is 12.2. The molecule has 0 bridgehead atoms. The number of piperazine rings is 1. The van der Waals surface area contributed by atoms with Crippen LogP contribution in [0, 0.1) is 6.92 Å². The minimum atomic E-state index is -0.157. The monoisotopic (exact) mass is 404 g/mol. The van der Waals surface area contributed by atoms with Crippen molar-refractivity contribution in [3.05, 3.63) is 52.3 Å². The second kappa shape index (κ2) is 9.23. The summed E-state index contributed by atoms with van der Waals surface area (Å²) in [5.74, 6) is 0.635. The summed E-state index contributed by atoms with van der Waals surface area (Å²) in [7, 11) is 3.80. The van der Waals surface area contributed by atoms with E-state index in [1.54, 1.807) is 17.9 Å². The number of methoxy groups -OCH3 is 1. The van der Waals surface area contributed by atoms with E-state index < -0.39 is 0 Å². The Kier molecular flexibility index (Phi) is 6.72. The van der Waals surface area contributed by atoms with Crippen molar-refractivity contribution >= 4 is 23.6 Å². The third-order valence-electron chi connectivity index (χ3n) is 4.86. The Hall–Kier alpha value is -2.35. The van der Waals surface area contributed by atoms with E-state index in [2.05, 4.69) is 17.6 Å². The molecule has 0 spiro atoms. The smallest absolute Gasteiger partial charge is 0.258 e. The minimum Gasteiger partial charge on any atom is -0.497 e. The van der Waals surface area contributed by atoms with Gasteiger partial charge in [0.2, 0.25) is 0 Å². The number of carbonyl (C=O) groups is 1. The summed E-state index contributed by atoms with van der Waals surface area (Å²) in [6.07, 6.45) is 3.24. The highest BCUT2D eigenvalue weighted by Gasteiger charge is 2.17. The Morgan fingerprint density at radius 1 is 1.39 bits per heavy atom. The van der Waals surface area contributed by atoms with Crippen molar-refractivity contribution in [3.63, 3.8) is 0 Å². The van der Waals surface area contributed by atoms with Crippen LogP contribution in [0.15, 0.2) is 30.3 Å². The van der Waals surface area contributed by atoms with Crippen LogP contribution in [-0.2, 0) is 11.3 Å². The maximum Gasteiger partial charge on any atom is 0.258 e. The fourth-order valence-electron chi connectivity index (χ4n) is 3.16. The summed E-state index contributed by atoms with van der Waals surface area (Å²) in [6, 6.07) is 7.78. The minimum absolute atomic E-state index is 0.157. The van der Waals surface area contributed by atoms with Gasteiger partial charge in [0.15, 0.2) is 0 Å². The third kappa shape index (κ3) is 5.13. The molecular formula is C20H27ClN5O2+. The van der Waals surface area contributed by atoms with Crippen LogP contribution >= 0.6 is 11.6 Å². The summed E-state index contributed by atoms with van der Waals surface area (Å²) in [6.45, 7) is 6.15. The topological polar surface area (TPSA) is 63.8 Å². The molecule has 2 aromatic rings. The van der Waals surface area contributed by atoms with E-state index in [4.69, 9.17) is 16.3 Å². The van der Waals surface area contributed by atoms with Crippen molar-refractivity contribution < 1.29 is 14.4 Å². The molecule has 1 saturated heterocycles. The van der Waals surface area contributed by atoms with Gasteiger partial charge in [-0.2, -0.15) is 5.10 Å². The molecule has 3 rings (SSSR count). The largest absolute Gasteiger partial charge is 0.497 e. The molecule has 150 valence electrons. The number of amides is 1. The van der Waals surface area contributed by atoms with Crippen LogP contribution in [0.2, 0.25) is 5.15 Å². The van der Waals surface area contributed by atoms with E-state index in [1.807, 2.05) is 36.2 Å². The lowest BCUT2D eigenvalue weighted by Crippen LogP contribution is -3.12. The van der Waals surface area contributed by atoms with E-state index in [1.165, 1.54) is 11.0 Å². The number of hydrazine groups is 1. The van der Waals surface area contributed by atoms with Crippen LogP contribution in [0.25, 0.3) is 6.08 Å². The lowest BCUT2D eigenvalue weighted by Gasteiger charge is -2.29. The number of ether oxygens (including phenoxy) is 1. The predicted octanol–water partition coefficient (Wildman–Crippen LogP) is 0.777. The molecule has 0 saturated carbocycles. The number of hydrogen-bond acceptors (Lipinski definition) is 4. The number of quaternary nitrogens is 1. The lowest BCUT2D eigenvalue weighted by atomic mass is 10.2. The van der Waals surface area contributed by atoms with Gasteiger partial charge < -0.3 is 9.64 Å². The molecule has 0 radical (unpaired) electrons. The Morgan fingerprint density at radius 2 is 2.14 bits per heavy atom. The maximum absolute atomic E-state index is 12.2. The van der Waals surface area contributed by atoms with Gasteiger partial charge in [-0.1, -0.05) is 23.7 Å². The summed E-state index contributed by atoms with van der Waals surface area (Å²) in [5.41, 5.74) is 5.48. The van der Waals surface area contributed by atoms with Gasteiger partial charge in [0.1, 0.15) is 10.9 Å². The molecule has 0 unspecified atom stereocenters.